The van der Waals surface area contributed by atoms with Crippen molar-refractivity contribution in [3.8, 4) is 18.4 Å². The number of terminal acetylenes is 1. The summed E-state index contributed by atoms with van der Waals surface area (Å²) in [6.07, 6.45) is 5.08. The lowest BCUT2D eigenvalue weighted by Crippen LogP contribution is -2.14. The van der Waals surface area contributed by atoms with Crippen LogP contribution in [0.3, 0.4) is 0 Å². The molecule has 1 atom stereocenters. The van der Waals surface area contributed by atoms with E-state index in [1.54, 1.807) is 13.0 Å². The van der Waals surface area contributed by atoms with Crippen LogP contribution in [-0.4, -0.2) is 6.04 Å². The summed E-state index contributed by atoms with van der Waals surface area (Å²) in [5.41, 5.74) is -0.372. The van der Waals surface area contributed by atoms with Gasteiger partial charge in [0, 0.05) is 0 Å². The normalized spacial score (nSPS) is 11.3. The quantitative estimate of drug-likeness (QED) is 0.753. The van der Waals surface area contributed by atoms with Gasteiger partial charge in [-0.05, 0) is 19.1 Å². The zero-order valence-corrected chi connectivity index (χ0v) is 8.01. The van der Waals surface area contributed by atoms with E-state index in [2.05, 4.69) is 11.2 Å². The molecule has 0 amide bonds. The van der Waals surface area contributed by atoms with Crippen molar-refractivity contribution in [1.29, 1.82) is 5.26 Å². The molecule has 0 spiro atoms. The fourth-order valence-electron chi connectivity index (χ4n) is 1.02. The second-order valence-electron chi connectivity index (χ2n) is 2.93. The summed E-state index contributed by atoms with van der Waals surface area (Å²) in [6, 6.07) is 3.62. The van der Waals surface area contributed by atoms with Gasteiger partial charge < -0.3 is 5.32 Å². The molecule has 0 aliphatic heterocycles. The number of benzene rings is 1. The van der Waals surface area contributed by atoms with Gasteiger partial charge in [-0.25, -0.2) is 8.78 Å². The maximum absolute atomic E-state index is 13.3. The van der Waals surface area contributed by atoms with Gasteiger partial charge in [-0.2, -0.15) is 5.26 Å². The first kappa shape index (κ1) is 11.0. The molecule has 1 rings (SSSR count). The van der Waals surface area contributed by atoms with E-state index in [4.69, 9.17) is 11.7 Å². The van der Waals surface area contributed by atoms with Gasteiger partial charge in [-0.3, -0.25) is 0 Å². The third-order valence-corrected chi connectivity index (χ3v) is 1.82. The van der Waals surface area contributed by atoms with Gasteiger partial charge in [0.1, 0.15) is 6.07 Å². The molecule has 1 aromatic rings. The maximum atomic E-state index is 13.3. The summed E-state index contributed by atoms with van der Waals surface area (Å²) in [7, 11) is 0. The highest BCUT2D eigenvalue weighted by Crippen LogP contribution is 2.20. The Morgan fingerprint density at radius 3 is 2.60 bits per heavy atom. The second kappa shape index (κ2) is 4.43. The Kier molecular flexibility index (Phi) is 3.25. The second-order valence-corrected chi connectivity index (χ2v) is 2.93. The van der Waals surface area contributed by atoms with E-state index in [0.717, 1.165) is 0 Å². The van der Waals surface area contributed by atoms with Crippen LogP contribution in [0.25, 0.3) is 0 Å². The van der Waals surface area contributed by atoms with Crippen LogP contribution in [0.1, 0.15) is 12.5 Å². The maximum Gasteiger partial charge on any atom is 0.183 e. The number of nitriles is 1. The number of nitrogens with one attached hydrogen (secondary N) is 1. The Bertz CT molecular complexity index is 455. The monoisotopic (exact) mass is 206 g/mol. The zero-order chi connectivity index (χ0) is 11.4. The van der Waals surface area contributed by atoms with Gasteiger partial charge in [0.25, 0.3) is 0 Å². The van der Waals surface area contributed by atoms with Gasteiger partial charge >= 0.3 is 0 Å². The molecular formula is C11H8F2N2. The van der Waals surface area contributed by atoms with E-state index in [-0.39, 0.29) is 11.3 Å². The van der Waals surface area contributed by atoms with Crippen molar-refractivity contribution in [2.24, 2.45) is 0 Å². The molecule has 0 aliphatic rings. The van der Waals surface area contributed by atoms with Gasteiger partial charge in [0.15, 0.2) is 11.6 Å². The third kappa shape index (κ3) is 2.24. The third-order valence-electron chi connectivity index (χ3n) is 1.82. The van der Waals surface area contributed by atoms with E-state index in [9.17, 15) is 8.78 Å². The predicted molar refractivity (Wildman–Crippen MR) is 53.0 cm³/mol. The van der Waals surface area contributed by atoms with E-state index >= 15 is 0 Å². The molecule has 2 nitrogen and oxygen atoms in total. The lowest BCUT2D eigenvalue weighted by molar-refractivity contribution is 0.508. The topological polar surface area (TPSA) is 35.8 Å². The van der Waals surface area contributed by atoms with E-state index in [1.165, 1.54) is 12.1 Å². The molecule has 1 unspecified atom stereocenters. The van der Waals surface area contributed by atoms with E-state index in [0.29, 0.717) is 0 Å². The van der Waals surface area contributed by atoms with Crippen molar-refractivity contribution in [1.82, 2.24) is 0 Å². The minimum absolute atomic E-state index is 0.0445. The van der Waals surface area contributed by atoms with Gasteiger partial charge in [0.05, 0.1) is 17.3 Å². The number of hydrogen-bond donors (Lipinski definition) is 1. The van der Waals surface area contributed by atoms with Crippen LogP contribution in [0, 0.1) is 35.3 Å². The molecule has 0 heterocycles. The minimum atomic E-state index is -1.16. The number of nitrogens with zero attached hydrogens (tertiary/aromatic N) is 1. The Morgan fingerprint density at radius 2 is 2.07 bits per heavy atom. The van der Waals surface area contributed by atoms with Crippen molar-refractivity contribution >= 4 is 5.69 Å². The van der Waals surface area contributed by atoms with Crippen LogP contribution < -0.4 is 5.32 Å². The molecular weight excluding hydrogens is 198 g/mol. The highest BCUT2D eigenvalue weighted by atomic mass is 19.2. The average Bonchev–Trinajstić information content (AvgIpc) is 2.25. The number of hydrogen-bond acceptors (Lipinski definition) is 2. The molecule has 1 N–H and O–H groups in total. The molecule has 0 saturated carbocycles. The summed E-state index contributed by atoms with van der Waals surface area (Å²) in [6.45, 7) is 1.63. The molecule has 76 valence electrons. The van der Waals surface area contributed by atoms with Crippen LogP contribution in [0.5, 0.6) is 0 Å². The molecule has 15 heavy (non-hydrogen) atoms. The van der Waals surface area contributed by atoms with Crippen LogP contribution in [-0.2, 0) is 0 Å². The van der Waals surface area contributed by atoms with Crippen LogP contribution >= 0.6 is 0 Å². The highest BCUT2D eigenvalue weighted by Gasteiger charge is 2.13. The van der Waals surface area contributed by atoms with Gasteiger partial charge in [-0.1, -0.05) is 5.92 Å². The van der Waals surface area contributed by atoms with Crippen molar-refractivity contribution in [2.75, 3.05) is 5.32 Å². The van der Waals surface area contributed by atoms with Crippen molar-refractivity contribution < 1.29 is 8.78 Å². The van der Waals surface area contributed by atoms with Gasteiger partial charge in [-0.15, -0.1) is 6.42 Å². The van der Waals surface area contributed by atoms with Crippen molar-refractivity contribution in [3.63, 3.8) is 0 Å². The minimum Gasteiger partial charge on any atom is -0.369 e. The van der Waals surface area contributed by atoms with Crippen molar-refractivity contribution in [2.45, 2.75) is 13.0 Å². The Balaban J connectivity index is 3.09. The van der Waals surface area contributed by atoms with E-state index < -0.39 is 17.7 Å². The molecule has 1 aromatic carbocycles. The lowest BCUT2D eigenvalue weighted by atomic mass is 10.2. The summed E-state index contributed by atoms with van der Waals surface area (Å²) in [5.74, 6) is 0.0761. The molecule has 4 heteroatoms. The molecule has 0 aliphatic carbocycles. The first-order valence-corrected chi connectivity index (χ1v) is 4.21. The molecule has 0 bridgehead atoms. The summed E-state index contributed by atoms with van der Waals surface area (Å²) in [4.78, 5) is 0. The standard InChI is InChI=1S/C11H8F2N2/c1-3-7(2)15-9-5-4-8(6-14)10(12)11(9)13/h1,4-5,7,15H,2H3. The fourth-order valence-corrected chi connectivity index (χ4v) is 1.02. The number of anilines is 1. The number of halogens is 2. The lowest BCUT2D eigenvalue weighted by Gasteiger charge is -2.10. The Labute approximate surface area is 86.5 Å². The fraction of sp³-hybridized carbons (Fsp3) is 0.182. The smallest absolute Gasteiger partial charge is 0.183 e. The SMILES string of the molecule is C#CC(C)Nc1ccc(C#N)c(F)c1F. The highest BCUT2D eigenvalue weighted by molar-refractivity contribution is 5.51. The van der Waals surface area contributed by atoms with Crippen LogP contribution in [0.15, 0.2) is 12.1 Å². The first-order chi connectivity index (χ1) is 7.10. The first-order valence-electron chi connectivity index (χ1n) is 4.21. The Hall–Kier alpha value is -2.07. The molecule has 0 aromatic heterocycles. The number of rotatable bonds is 2. The Morgan fingerprint density at radius 1 is 1.40 bits per heavy atom. The zero-order valence-electron chi connectivity index (χ0n) is 8.01. The van der Waals surface area contributed by atoms with Crippen molar-refractivity contribution in [3.05, 3.63) is 29.3 Å². The van der Waals surface area contributed by atoms with Gasteiger partial charge in [0.2, 0.25) is 0 Å². The largest absolute Gasteiger partial charge is 0.369 e. The van der Waals surface area contributed by atoms with Crippen LogP contribution in [0.2, 0.25) is 0 Å². The molecule has 0 fully saturated rings. The summed E-state index contributed by atoms with van der Waals surface area (Å²) < 4.78 is 26.4. The average molecular weight is 206 g/mol. The summed E-state index contributed by atoms with van der Waals surface area (Å²) >= 11 is 0. The summed E-state index contributed by atoms with van der Waals surface area (Å²) in [5, 5.41) is 11.0. The van der Waals surface area contributed by atoms with E-state index in [1.807, 2.05) is 0 Å². The molecule has 0 saturated heterocycles. The van der Waals surface area contributed by atoms with Crippen LogP contribution in [0.4, 0.5) is 14.5 Å². The predicted octanol–water partition coefficient (Wildman–Crippen LogP) is 2.27. The molecule has 0 radical (unpaired) electrons.